The Hall–Kier alpha value is -0.610. The van der Waals surface area contributed by atoms with Gasteiger partial charge in [-0.25, -0.2) is 0 Å². The standard InChI is InChI=1S/C11H22N2O2/c1-9(15)13-6-5-12(11(2,3)4)7-10(13)8-14/h10,14H,5-8H2,1-4H3. The molecule has 0 aromatic carbocycles. The van der Waals surface area contributed by atoms with E-state index in [1.807, 2.05) is 0 Å². The maximum Gasteiger partial charge on any atom is 0.219 e. The van der Waals surface area contributed by atoms with Crippen molar-refractivity contribution >= 4 is 5.91 Å². The predicted octanol–water partition coefficient (Wildman–Crippen LogP) is 0.310. The normalized spacial score (nSPS) is 24.3. The molecule has 1 saturated heterocycles. The van der Waals surface area contributed by atoms with Crippen LogP contribution in [0.2, 0.25) is 0 Å². The van der Waals surface area contributed by atoms with Gasteiger partial charge in [0.05, 0.1) is 12.6 Å². The van der Waals surface area contributed by atoms with Crippen molar-refractivity contribution in [2.45, 2.75) is 39.3 Å². The molecular formula is C11H22N2O2. The Labute approximate surface area is 91.9 Å². The Morgan fingerprint density at radius 2 is 2.00 bits per heavy atom. The Bertz CT molecular complexity index is 235. The van der Waals surface area contributed by atoms with Crippen molar-refractivity contribution in [3.63, 3.8) is 0 Å². The van der Waals surface area contributed by atoms with E-state index in [0.717, 1.165) is 19.6 Å². The molecule has 0 radical (unpaired) electrons. The second-order valence-electron chi connectivity index (χ2n) is 5.17. The number of aliphatic hydroxyl groups is 1. The molecule has 1 aliphatic rings. The quantitative estimate of drug-likeness (QED) is 0.683. The van der Waals surface area contributed by atoms with Gasteiger partial charge in [-0.3, -0.25) is 9.69 Å². The van der Waals surface area contributed by atoms with Gasteiger partial charge < -0.3 is 10.0 Å². The molecule has 0 aromatic rings. The molecule has 1 fully saturated rings. The van der Waals surface area contributed by atoms with E-state index in [9.17, 15) is 9.90 Å². The predicted molar refractivity (Wildman–Crippen MR) is 59.6 cm³/mol. The second kappa shape index (κ2) is 4.49. The maximum absolute atomic E-state index is 11.3. The molecule has 0 aliphatic carbocycles. The fourth-order valence-electron chi connectivity index (χ4n) is 2.04. The number of piperazine rings is 1. The zero-order valence-electron chi connectivity index (χ0n) is 10.2. The summed E-state index contributed by atoms with van der Waals surface area (Å²) in [5.74, 6) is 0.0580. The highest BCUT2D eigenvalue weighted by Gasteiger charge is 2.32. The van der Waals surface area contributed by atoms with Crippen LogP contribution in [0.3, 0.4) is 0 Å². The summed E-state index contributed by atoms with van der Waals surface area (Å²) in [5.41, 5.74) is 0.107. The van der Waals surface area contributed by atoms with Crippen molar-refractivity contribution in [1.29, 1.82) is 0 Å². The van der Waals surface area contributed by atoms with Crippen LogP contribution in [-0.2, 0) is 4.79 Å². The largest absolute Gasteiger partial charge is 0.394 e. The zero-order chi connectivity index (χ0) is 11.6. The summed E-state index contributed by atoms with van der Waals surface area (Å²) in [4.78, 5) is 15.4. The Morgan fingerprint density at radius 1 is 1.40 bits per heavy atom. The van der Waals surface area contributed by atoms with Crippen LogP contribution < -0.4 is 0 Å². The van der Waals surface area contributed by atoms with Crippen molar-refractivity contribution in [2.24, 2.45) is 0 Å². The molecule has 1 unspecified atom stereocenters. The lowest BCUT2D eigenvalue weighted by molar-refractivity contribution is -0.136. The molecule has 15 heavy (non-hydrogen) atoms. The molecule has 4 nitrogen and oxygen atoms in total. The number of hydrogen-bond acceptors (Lipinski definition) is 3. The highest BCUT2D eigenvalue weighted by atomic mass is 16.3. The van der Waals surface area contributed by atoms with Gasteiger partial charge in [-0.05, 0) is 20.8 Å². The average Bonchev–Trinajstić information content (AvgIpc) is 2.15. The van der Waals surface area contributed by atoms with Crippen molar-refractivity contribution < 1.29 is 9.90 Å². The van der Waals surface area contributed by atoms with E-state index in [1.54, 1.807) is 11.8 Å². The second-order valence-corrected chi connectivity index (χ2v) is 5.17. The fourth-order valence-corrected chi connectivity index (χ4v) is 2.04. The maximum atomic E-state index is 11.3. The van der Waals surface area contributed by atoms with E-state index < -0.39 is 0 Å². The molecule has 0 spiro atoms. The van der Waals surface area contributed by atoms with E-state index in [1.165, 1.54) is 0 Å². The van der Waals surface area contributed by atoms with E-state index in [2.05, 4.69) is 25.7 Å². The van der Waals surface area contributed by atoms with Crippen LogP contribution >= 0.6 is 0 Å². The van der Waals surface area contributed by atoms with Gasteiger partial charge in [0.1, 0.15) is 0 Å². The lowest BCUT2D eigenvalue weighted by atomic mass is 10.0. The first-order valence-electron chi connectivity index (χ1n) is 5.49. The van der Waals surface area contributed by atoms with Crippen LogP contribution in [0, 0.1) is 0 Å². The minimum absolute atomic E-state index is 0.0459. The van der Waals surface area contributed by atoms with Gasteiger partial charge in [0.25, 0.3) is 0 Å². The number of hydrogen-bond donors (Lipinski definition) is 1. The van der Waals surface area contributed by atoms with E-state index in [-0.39, 0.29) is 24.1 Å². The summed E-state index contributed by atoms with van der Waals surface area (Å²) in [6.45, 7) is 10.5. The molecule has 1 amide bonds. The molecule has 0 saturated carbocycles. The van der Waals surface area contributed by atoms with Crippen LogP contribution in [0.4, 0.5) is 0 Å². The van der Waals surface area contributed by atoms with E-state index in [0.29, 0.717) is 0 Å². The fraction of sp³-hybridized carbons (Fsp3) is 0.909. The smallest absolute Gasteiger partial charge is 0.219 e. The van der Waals surface area contributed by atoms with Gasteiger partial charge in [-0.1, -0.05) is 0 Å². The first kappa shape index (κ1) is 12.5. The molecular weight excluding hydrogens is 192 g/mol. The first-order valence-corrected chi connectivity index (χ1v) is 5.49. The number of carbonyl (C=O) groups is 1. The number of carbonyl (C=O) groups excluding carboxylic acids is 1. The molecule has 0 aromatic heterocycles. The topological polar surface area (TPSA) is 43.8 Å². The molecule has 88 valence electrons. The summed E-state index contributed by atoms with van der Waals surface area (Å²) in [6, 6.07) is -0.0459. The van der Waals surface area contributed by atoms with Gasteiger partial charge in [-0.2, -0.15) is 0 Å². The summed E-state index contributed by atoms with van der Waals surface area (Å²) in [7, 11) is 0. The number of amides is 1. The summed E-state index contributed by atoms with van der Waals surface area (Å²) in [6.07, 6.45) is 0. The Morgan fingerprint density at radius 3 is 2.40 bits per heavy atom. The number of aliphatic hydroxyl groups excluding tert-OH is 1. The summed E-state index contributed by atoms with van der Waals surface area (Å²) in [5, 5.41) is 9.27. The highest BCUT2D eigenvalue weighted by molar-refractivity contribution is 5.73. The molecule has 1 rings (SSSR count). The third kappa shape index (κ3) is 2.92. The minimum atomic E-state index is -0.0459. The highest BCUT2D eigenvalue weighted by Crippen LogP contribution is 2.19. The summed E-state index contributed by atoms with van der Waals surface area (Å²) < 4.78 is 0. The van der Waals surface area contributed by atoms with Crippen LogP contribution in [0.1, 0.15) is 27.7 Å². The van der Waals surface area contributed by atoms with E-state index in [4.69, 9.17) is 0 Å². The van der Waals surface area contributed by atoms with Gasteiger partial charge in [-0.15, -0.1) is 0 Å². The SMILES string of the molecule is CC(=O)N1CCN(C(C)(C)C)CC1CO. The first-order chi connectivity index (χ1) is 6.86. The molecule has 1 aliphatic heterocycles. The molecule has 4 heteroatoms. The monoisotopic (exact) mass is 214 g/mol. The summed E-state index contributed by atoms with van der Waals surface area (Å²) >= 11 is 0. The molecule has 0 bridgehead atoms. The van der Waals surface area contributed by atoms with Crippen LogP contribution in [0.5, 0.6) is 0 Å². The molecule has 1 atom stereocenters. The lowest BCUT2D eigenvalue weighted by Gasteiger charge is -2.46. The number of nitrogens with zero attached hydrogens (tertiary/aromatic N) is 2. The third-order valence-corrected chi connectivity index (χ3v) is 3.05. The molecule has 1 heterocycles. The Balaban J connectivity index is 2.67. The Kier molecular flexibility index (Phi) is 3.73. The zero-order valence-corrected chi connectivity index (χ0v) is 10.2. The number of rotatable bonds is 1. The van der Waals surface area contributed by atoms with Crippen molar-refractivity contribution in [2.75, 3.05) is 26.2 Å². The average molecular weight is 214 g/mol. The van der Waals surface area contributed by atoms with Gasteiger partial charge in [0, 0.05) is 32.1 Å². The van der Waals surface area contributed by atoms with E-state index >= 15 is 0 Å². The van der Waals surface area contributed by atoms with Crippen LogP contribution in [0.25, 0.3) is 0 Å². The lowest BCUT2D eigenvalue weighted by Crippen LogP contribution is -2.60. The van der Waals surface area contributed by atoms with Crippen molar-refractivity contribution in [1.82, 2.24) is 9.80 Å². The third-order valence-electron chi connectivity index (χ3n) is 3.05. The van der Waals surface area contributed by atoms with Gasteiger partial charge in [0.15, 0.2) is 0 Å². The molecule has 1 N–H and O–H groups in total. The van der Waals surface area contributed by atoms with Gasteiger partial charge in [0.2, 0.25) is 5.91 Å². The van der Waals surface area contributed by atoms with Gasteiger partial charge >= 0.3 is 0 Å². The van der Waals surface area contributed by atoms with Crippen molar-refractivity contribution in [3.05, 3.63) is 0 Å². The van der Waals surface area contributed by atoms with Crippen LogP contribution in [0.15, 0.2) is 0 Å². The van der Waals surface area contributed by atoms with Crippen LogP contribution in [-0.4, -0.2) is 58.6 Å². The van der Waals surface area contributed by atoms with Crippen molar-refractivity contribution in [3.8, 4) is 0 Å². The minimum Gasteiger partial charge on any atom is -0.394 e.